The summed E-state index contributed by atoms with van der Waals surface area (Å²) < 4.78 is 0. The summed E-state index contributed by atoms with van der Waals surface area (Å²) in [5.41, 5.74) is 6.38. The maximum atomic E-state index is 13.7. The zero-order valence-corrected chi connectivity index (χ0v) is 20.1. The molecule has 2 atom stereocenters. The highest BCUT2D eigenvalue weighted by molar-refractivity contribution is 5.96. The molecule has 0 radical (unpaired) electrons. The molecule has 3 aromatic heterocycles. The molecule has 2 aliphatic rings. The molecule has 2 unspecified atom stereocenters. The van der Waals surface area contributed by atoms with Crippen LogP contribution in [0, 0.1) is 12.8 Å². The zero-order valence-electron chi connectivity index (χ0n) is 20.1. The average molecular weight is 466 g/mol. The number of anilines is 1. The van der Waals surface area contributed by atoms with Crippen LogP contribution in [0.3, 0.4) is 0 Å². The molecule has 35 heavy (non-hydrogen) atoms. The third-order valence-corrected chi connectivity index (χ3v) is 7.81. The van der Waals surface area contributed by atoms with Gasteiger partial charge in [-0.15, -0.1) is 0 Å². The molecule has 4 aromatic rings. The maximum Gasteiger partial charge on any atom is 0.254 e. The van der Waals surface area contributed by atoms with Crippen LogP contribution in [-0.4, -0.2) is 37.8 Å². The predicted molar refractivity (Wildman–Crippen MR) is 138 cm³/mol. The molecule has 0 spiro atoms. The Morgan fingerprint density at radius 2 is 1.97 bits per heavy atom. The predicted octanol–water partition coefficient (Wildman–Crippen LogP) is 5.50. The first-order chi connectivity index (χ1) is 17.2. The lowest BCUT2D eigenvalue weighted by molar-refractivity contribution is 0.0525. The Hall–Kier alpha value is -3.67. The summed E-state index contributed by atoms with van der Waals surface area (Å²) >= 11 is 0. The number of rotatable bonds is 6. The summed E-state index contributed by atoms with van der Waals surface area (Å²) in [5.74, 6) is 0.782. The van der Waals surface area contributed by atoms with Gasteiger partial charge in [0, 0.05) is 60.1 Å². The summed E-state index contributed by atoms with van der Waals surface area (Å²) in [6.45, 7) is 2.77. The molecule has 6 rings (SSSR count). The van der Waals surface area contributed by atoms with E-state index in [0.717, 1.165) is 60.1 Å². The van der Waals surface area contributed by atoms with Crippen LogP contribution < -0.4 is 5.32 Å². The molecule has 2 N–H and O–H groups in total. The second kappa shape index (κ2) is 9.17. The van der Waals surface area contributed by atoms with Crippen LogP contribution in [-0.2, 0) is 13.0 Å². The standard InChI is InChI=1S/C29H31N5O/c1-19-4-5-23(16-27(19)33-18-20-3-2-10-30-17-20)29(35)34-24-6-7-25(34)15-21(14-24)13-22-8-11-31-28-26(22)9-12-32-28/h2-5,8-12,16-17,21,24-25,33H,6-7,13-15,18H2,1H3,(H,31,32). The van der Waals surface area contributed by atoms with E-state index in [-0.39, 0.29) is 5.91 Å². The number of aryl methyl sites for hydroxylation is 1. The van der Waals surface area contributed by atoms with Crippen molar-refractivity contribution in [3.63, 3.8) is 0 Å². The minimum atomic E-state index is 0.178. The Labute approximate surface area is 205 Å². The number of fused-ring (bicyclic) bond motifs is 3. The summed E-state index contributed by atoms with van der Waals surface area (Å²) in [6.07, 6.45) is 12.9. The molecule has 2 fully saturated rings. The van der Waals surface area contributed by atoms with Gasteiger partial charge in [0.15, 0.2) is 0 Å². The number of H-pyrrole nitrogens is 1. The van der Waals surface area contributed by atoms with Crippen LogP contribution in [0.4, 0.5) is 5.69 Å². The number of nitrogens with one attached hydrogen (secondary N) is 2. The summed E-state index contributed by atoms with van der Waals surface area (Å²) in [4.78, 5) is 27.7. The average Bonchev–Trinajstić information content (AvgIpc) is 3.47. The number of hydrogen-bond donors (Lipinski definition) is 2. The van der Waals surface area contributed by atoms with Gasteiger partial charge in [-0.3, -0.25) is 9.78 Å². The number of carbonyl (C=O) groups excluding carboxylic acids is 1. The van der Waals surface area contributed by atoms with Gasteiger partial charge in [0.05, 0.1) is 0 Å². The number of hydrogen-bond acceptors (Lipinski definition) is 4. The number of nitrogens with zero attached hydrogens (tertiary/aromatic N) is 3. The van der Waals surface area contributed by atoms with Crippen molar-refractivity contribution >= 4 is 22.6 Å². The summed E-state index contributed by atoms with van der Waals surface area (Å²) in [7, 11) is 0. The normalized spacial score (nSPS) is 21.4. The quantitative estimate of drug-likeness (QED) is 0.394. The van der Waals surface area contributed by atoms with Crippen LogP contribution >= 0.6 is 0 Å². The van der Waals surface area contributed by atoms with Gasteiger partial charge < -0.3 is 15.2 Å². The van der Waals surface area contributed by atoms with Gasteiger partial charge in [0.1, 0.15) is 5.65 Å². The van der Waals surface area contributed by atoms with E-state index >= 15 is 0 Å². The van der Waals surface area contributed by atoms with E-state index in [9.17, 15) is 4.79 Å². The molecule has 2 aliphatic heterocycles. The van der Waals surface area contributed by atoms with E-state index in [2.05, 4.69) is 56.4 Å². The van der Waals surface area contributed by atoms with E-state index in [1.807, 2.05) is 36.8 Å². The van der Waals surface area contributed by atoms with Crippen LogP contribution in [0.1, 0.15) is 52.7 Å². The first kappa shape index (κ1) is 21.8. The number of amides is 1. The molecule has 0 aliphatic carbocycles. The topological polar surface area (TPSA) is 73.9 Å². The van der Waals surface area contributed by atoms with Crippen molar-refractivity contribution in [1.82, 2.24) is 19.9 Å². The molecule has 2 saturated heterocycles. The van der Waals surface area contributed by atoms with Crippen LogP contribution in [0.25, 0.3) is 11.0 Å². The second-order valence-corrected chi connectivity index (χ2v) is 10.1. The first-order valence-electron chi connectivity index (χ1n) is 12.6. The number of pyridine rings is 2. The fraction of sp³-hybridized carbons (Fsp3) is 0.345. The lowest BCUT2D eigenvalue weighted by atomic mass is 9.85. The summed E-state index contributed by atoms with van der Waals surface area (Å²) in [5, 5.41) is 4.72. The van der Waals surface area contributed by atoms with Crippen LogP contribution in [0.5, 0.6) is 0 Å². The van der Waals surface area contributed by atoms with Gasteiger partial charge in [-0.1, -0.05) is 12.1 Å². The van der Waals surface area contributed by atoms with Crippen molar-refractivity contribution in [1.29, 1.82) is 0 Å². The van der Waals surface area contributed by atoms with Gasteiger partial charge in [-0.05, 0) is 92.0 Å². The summed E-state index contributed by atoms with van der Waals surface area (Å²) in [6, 6.07) is 15.0. The van der Waals surface area contributed by atoms with Crippen molar-refractivity contribution in [2.24, 2.45) is 5.92 Å². The van der Waals surface area contributed by atoms with Crippen molar-refractivity contribution in [3.8, 4) is 0 Å². The van der Waals surface area contributed by atoms with Crippen LogP contribution in [0.2, 0.25) is 0 Å². The molecule has 178 valence electrons. The number of benzene rings is 1. The Morgan fingerprint density at radius 1 is 1.11 bits per heavy atom. The SMILES string of the molecule is Cc1ccc(C(=O)N2C3CCC2CC(Cc2ccnc4[nH]ccc24)C3)cc1NCc1cccnc1. The van der Waals surface area contributed by atoms with Crippen molar-refractivity contribution in [2.75, 3.05) is 5.32 Å². The Bertz CT molecular complexity index is 1330. The highest BCUT2D eigenvalue weighted by Crippen LogP contribution is 2.41. The Kier molecular flexibility index (Phi) is 5.72. The van der Waals surface area contributed by atoms with E-state index in [0.29, 0.717) is 24.5 Å². The van der Waals surface area contributed by atoms with Crippen molar-refractivity contribution in [2.45, 2.75) is 57.7 Å². The molecule has 5 heterocycles. The third-order valence-electron chi connectivity index (χ3n) is 7.81. The molecule has 6 heteroatoms. The highest BCUT2D eigenvalue weighted by Gasteiger charge is 2.43. The molecule has 6 nitrogen and oxygen atoms in total. The first-order valence-corrected chi connectivity index (χ1v) is 12.6. The molecule has 1 amide bonds. The van der Waals surface area contributed by atoms with E-state index in [1.54, 1.807) is 6.20 Å². The minimum Gasteiger partial charge on any atom is -0.381 e. The highest BCUT2D eigenvalue weighted by atomic mass is 16.2. The molecular formula is C29H31N5O. The third kappa shape index (κ3) is 4.29. The fourth-order valence-corrected chi connectivity index (χ4v) is 6.09. The number of aromatic nitrogens is 3. The van der Waals surface area contributed by atoms with Gasteiger partial charge in [-0.2, -0.15) is 0 Å². The van der Waals surface area contributed by atoms with Gasteiger partial charge >= 0.3 is 0 Å². The maximum absolute atomic E-state index is 13.7. The molecule has 0 saturated carbocycles. The smallest absolute Gasteiger partial charge is 0.254 e. The van der Waals surface area contributed by atoms with E-state index in [1.165, 1.54) is 10.9 Å². The Morgan fingerprint density at radius 3 is 2.77 bits per heavy atom. The van der Waals surface area contributed by atoms with E-state index < -0.39 is 0 Å². The lowest BCUT2D eigenvalue weighted by Gasteiger charge is -2.39. The lowest BCUT2D eigenvalue weighted by Crippen LogP contribution is -2.46. The van der Waals surface area contributed by atoms with Gasteiger partial charge in [-0.25, -0.2) is 4.98 Å². The van der Waals surface area contributed by atoms with Gasteiger partial charge in [0.2, 0.25) is 0 Å². The fourth-order valence-electron chi connectivity index (χ4n) is 6.09. The van der Waals surface area contributed by atoms with Crippen molar-refractivity contribution < 1.29 is 4.79 Å². The second-order valence-electron chi connectivity index (χ2n) is 10.1. The van der Waals surface area contributed by atoms with Crippen LogP contribution in [0.15, 0.2) is 67.3 Å². The minimum absolute atomic E-state index is 0.178. The Balaban J connectivity index is 1.16. The number of carbonyl (C=O) groups is 1. The monoisotopic (exact) mass is 465 g/mol. The number of aromatic amines is 1. The molecular weight excluding hydrogens is 434 g/mol. The largest absolute Gasteiger partial charge is 0.381 e. The number of piperidine rings is 1. The van der Waals surface area contributed by atoms with E-state index in [4.69, 9.17) is 0 Å². The van der Waals surface area contributed by atoms with Gasteiger partial charge in [0.25, 0.3) is 5.91 Å². The van der Waals surface area contributed by atoms with Crippen molar-refractivity contribution in [3.05, 3.63) is 89.5 Å². The molecule has 1 aromatic carbocycles. The molecule has 2 bridgehead atoms. The zero-order chi connectivity index (χ0) is 23.8.